The molecular formula is C14H15ClN2O. The number of benzene rings is 1. The summed E-state index contributed by atoms with van der Waals surface area (Å²) in [5.41, 5.74) is 7.97. The van der Waals surface area contributed by atoms with E-state index >= 15 is 0 Å². The molecule has 0 radical (unpaired) electrons. The quantitative estimate of drug-likeness (QED) is 0.921. The first-order valence-corrected chi connectivity index (χ1v) is 6.18. The lowest BCUT2D eigenvalue weighted by molar-refractivity contribution is 0.338. The molecule has 1 heterocycles. The Labute approximate surface area is 112 Å². The van der Waals surface area contributed by atoms with Crippen LogP contribution in [-0.2, 0) is 0 Å². The lowest BCUT2D eigenvalue weighted by atomic mass is 10.0. The summed E-state index contributed by atoms with van der Waals surface area (Å²) in [5.74, 6) is 0.720. The summed E-state index contributed by atoms with van der Waals surface area (Å²) in [6, 6.07) is 9.14. The van der Waals surface area contributed by atoms with Crippen LogP contribution in [0.15, 0.2) is 42.7 Å². The Morgan fingerprint density at radius 3 is 2.83 bits per heavy atom. The number of hydrogen-bond donors (Lipinski definition) is 1. The van der Waals surface area contributed by atoms with Crippen molar-refractivity contribution >= 4 is 11.6 Å². The number of nitrogens with zero attached hydrogens (tertiary/aromatic N) is 1. The van der Waals surface area contributed by atoms with Crippen LogP contribution < -0.4 is 10.5 Å². The minimum Gasteiger partial charge on any atom is -0.492 e. The zero-order valence-electron chi connectivity index (χ0n) is 10.1. The molecule has 0 aliphatic carbocycles. The van der Waals surface area contributed by atoms with Crippen LogP contribution in [0.5, 0.6) is 5.75 Å². The molecule has 2 aromatic rings. The Morgan fingerprint density at radius 1 is 1.33 bits per heavy atom. The van der Waals surface area contributed by atoms with Gasteiger partial charge in [-0.05, 0) is 30.2 Å². The second-order valence-electron chi connectivity index (χ2n) is 3.89. The number of nitrogens with two attached hydrogens (primary N) is 1. The van der Waals surface area contributed by atoms with Crippen molar-refractivity contribution in [2.24, 2.45) is 5.73 Å². The molecule has 0 aliphatic rings. The number of hydrogen-bond acceptors (Lipinski definition) is 3. The van der Waals surface area contributed by atoms with Crippen LogP contribution in [-0.4, -0.2) is 11.6 Å². The van der Waals surface area contributed by atoms with E-state index in [9.17, 15) is 0 Å². The molecule has 1 aromatic heterocycles. The number of aromatic nitrogens is 1. The topological polar surface area (TPSA) is 48.1 Å². The average molecular weight is 263 g/mol. The number of ether oxygens (including phenoxy) is 1. The summed E-state index contributed by atoms with van der Waals surface area (Å²) in [5, 5.41) is 0.659. The highest BCUT2D eigenvalue weighted by Gasteiger charge is 2.13. The van der Waals surface area contributed by atoms with Crippen LogP contribution >= 0.6 is 11.6 Å². The van der Waals surface area contributed by atoms with E-state index in [4.69, 9.17) is 22.1 Å². The second kappa shape index (κ2) is 5.85. The summed E-state index contributed by atoms with van der Waals surface area (Å²) in [6.07, 6.45) is 3.41. The Kier molecular flexibility index (Phi) is 4.18. The molecule has 1 aromatic carbocycles. The van der Waals surface area contributed by atoms with Gasteiger partial charge in [0.05, 0.1) is 18.8 Å². The van der Waals surface area contributed by atoms with Gasteiger partial charge in [0.15, 0.2) is 0 Å². The maximum atomic E-state index is 6.20. The molecule has 2 N–H and O–H groups in total. The Balaban J connectivity index is 2.31. The van der Waals surface area contributed by atoms with E-state index in [1.54, 1.807) is 12.4 Å². The lowest BCUT2D eigenvalue weighted by Crippen LogP contribution is -2.12. The van der Waals surface area contributed by atoms with E-state index in [0.29, 0.717) is 11.6 Å². The third-order valence-corrected chi connectivity index (χ3v) is 2.99. The first-order chi connectivity index (χ1) is 8.72. The predicted molar refractivity (Wildman–Crippen MR) is 72.9 cm³/mol. The fourth-order valence-electron chi connectivity index (χ4n) is 1.76. The van der Waals surface area contributed by atoms with Crippen LogP contribution in [0.25, 0.3) is 0 Å². The predicted octanol–water partition coefficient (Wildman–Crippen LogP) is 3.18. The van der Waals surface area contributed by atoms with E-state index in [1.807, 2.05) is 37.3 Å². The van der Waals surface area contributed by atoms with Gasteiger partial charge in [-0.2, -0.15) is 0 Å². The van der Waals surface area contributed by atoms with E-state index in [-0.39, 0.29) is 6.04 Å². The van der Waals surface area contributed by atoms with E-state index in [0.717, 1.165) is 16.9 Å². The first kappa shape index (κ1) is 12.9. The largest absolute Gasteiger partial charge is 0.492 e. The van der Waals surface area contributed by atoms with Crippen LogP contribution in [0, 0.1) is 0 Å². The highest BCUT2D eigenvalue weighted by Crippen LogP contribution is 2.27. The Morgan fingerprint density at radius 2 is 2.11 bits per heavy atom. The fourth-order valence-corrected chi connectivity index (χ4v) is 2.01. The molecule has 94 valence electrons. The minimum absolute atomic E-state index is 0.299. The smallest absolute Gasteiger partial charge is 0.137 e. The van der Waals surface area contributed by atoms with Gasteiger partial charge in [-0.1, -0.05) is 29.8 Å². The SMILES string of the molecule is CCOc1cncc(C(N)c2ccccc2Cl)c1. The summed E-state index contributed by atoms with van der Waals surface area (Å²) >= 11 is 6.14. The molecule has 0 saturated heterocycles. The standard InChI is InChI=1S/C14H15ClN2O/c1-2-18-11-7-10(8-17-9-11)14(16)12-5-3-4-6-13(12)15/h3-9,14H,2,16H2,1H3. The van der Waals surface area contributed by atoms with Gasteiger partial charge in [0.2, 0.25) is 0 Å². The summed E-state index contributed by atoms with van der Waals surface area (Å²) in [4.78, 5) is 4.13. The van der Waals surface area contributed by atoms with Crippen molar-refractivity contribution in [2.45, 2.75) is 13.0 Å². The van der Waals surface area contributed by atoms with Crippen LogP contribution in [0.1, 0.15) is 24.1 Å². The summed E-state index contributed by atoms with van der Waals surface area (Å²) in [6.45, 7) is 2.53. The fraction of sp³-hybridized carbons (Fsp3) is 0.214. The van der Waals surface area contributed by atoms with Gasteiger partial charge in [-0.3, -0.25) is 4.98 Å². The van der Waals surface area contributed by atoms with Gasteiger partial charge >= 0.3 is 0 Å². The highest BCUT2D eigenvalue weighted by atomic mass is 35.5. The molecular weight excluding hydrogens is 248 g/mol. The van der Waals surface area contributed by atoms with Gasteiger partial charge in [-0.25, -0.2) is 0 Å². The van der Waals surface area contributed by atoms with Gasteiger partial charge in [0, 0.05) is 11.2 Å². The van der Waals surface area contributed by atoms with Crippen molar-refractivity contribution in [2.75, 3.05) is 6.61 Å². The summed E-state index contributed by atoms with van der Waals surface area (Å²) < 4.78 is 5.41. The zero-order chi connectivity index (χ0) is 13.0. The van der Waals surface area contributed by atoms with Crippen molar-refractivity contribution in [1.82, 2.24) is 4.98 Å². The molecule has 2 rings (SSSR count). The van der Waals surface area contributed by atoms with Gasteiger partial charge < -0.3 is 10.5 Å². The molecule has 18 heavy (non-hydrogen) atoms. The third kappa shape index (κ3) is 2.81. The van der Waals surface area contributed by atoms with E-state index in [1.165, 1.54) is 0 Å². The molecule has 0 bridgehead atoms. The van der Waals surface area contributed by atoms with Crippen molar-refractivity contribution < 1.29 is 4.74 Å². The summed E-state index contributed by atoms with van der Waals surface area (Å²) in [7, 11) is 0. The van der Waals surface area contributed by atoms with Gasteiger partial charge in [0.1, 0.15) is 5.75 Å². The molecule has 4 heteroatoms. The molecule has 1 unspecified atom stereocenters. The van der Waals surface area contributed by atoms with Crippen molar-refractivity contribution in [3.05, 3.63) is 58.9 Å². The first-order valence-electron chi connectivity index (χ1n) is 5.80. The second-order valence-corrected chi connectivity index (χ2v) is 4.29. The normalized spacial score (nSPS) is 12.2. The highest BCUT2D eigenvalue weighted by molar-refractivity contribution is 6.31. The minimum atomic E-state index is -0.299. The van der Waals surface area contributed by atoms with Crippen molar-refractivity contribution in [3.63, 3.8) is 0 Å². The molecule has 0 fully saturated rings. The molecule has 0 amide bonds. The monoisotopic (exact) mass is 262 g/mol. The van der Waals surface area contributed by atoms with E-state index in [2.05, 4.69) is 4.98 Å². The molecule has 1 atom stereocenters. The van der Waals surface area contributed by atoms with Crippen molar-refractivity contribution in [1.29, 1.82) is 0 Å². The van der Waals surface area contributed by atoms with Crippen LogP contribution in [0.4, 0.5) is 0 Å². The molecule has 3 nitrogen and oxygen atoms in total. The molecule has 0 spiro atoms. The van der Waals surface area contributed by atoms with Crippen LogP contribution in [0.3, 0.4) is 0 Å². The Hall–Kier alpha value is -1.58. The lowest BCUT2D eigenvalue weighted by Gasteiger charge is -2.14. The zero-order valence-corrected chi connectivity index (χ0v) is 10.9. The number of pyridine rings is 1. The number of halogens is 1. The van der Waals surface area contributed by atoms with Crippen molar-refractivity contribution in [3.8, 4) is 5.75 Å². The van der Waals surface area contributed by atoms with Gasteiger partial charge in [0.25, 0.3) is 0 Å². The average Bonchev–Trinajstić information content (AvgIpc) is 2.39. The van der Waals surface area contributed by atoms with E-state index < -0.39 is 0 Å². The molecule has 0 aliphatic heterocycles. The number of rotatable bonds is 4. The van der Waals surface area contributed by atoms with Gasteiger partial charge in [-0.15, -0.1) is 0 Å². The van der Waals surface area contributed by atoms with Crippen LogP contribution in [0.2, 0.25) is 5.02 Å². The Bertz CT molecular complexity index is 531. The third-order valence-electron chi connectivity index (χ3n) is 2.64. The maximum absolute atomic E-state index is 6.20. The maximum Gasteiger partial charge on any atom is 0.137 e. The molecule has 0 saturated carbocycles.